The first kappa shape index (κ1) is 20.8. The Morgan fingerprint density at radius 3 is 2.48 bits per heavy atom. The number of nitrogens with zero attached hydrogens (tertiary/aromatic N) is 2. The molecule has 3 aromatic carbocycles. The molecule has 31 heavy (non-hydrogen) atoms. The zero-order valence-corrected chi connectivity index (χ0v) is 18.1. The third-order valence-corrected chi connectivity index (χ3v) is 5.55. The molecule has 1 atom stereocenters. The molecular formula is C24H20BrN3O3. The quantitative estimate of drug-likeness (QED) is 0.390. The fraction of sp³-hybridized carbons (Fsp3) is 0.125. The van der Waals surface area contributed by atoms with Crippen LogP contribution in [-0.2, 0) is 16.0 Å². The summed E-state index contributed by atoms with van der Waals surface area (Å²) in [5.74, 6) is -0.998. The maximum absolute atomic E-state index is 12.4. The average molecular weight is 478 g/mol. The van der Waals surface area contributed by atoms with Crippen molar-refractivity contribution >= 4 is 44.5 Å². The van der Waals surface area contributed by atoms with Crippen molar-refractivity contribution in [3.05, 3.63) is 94.7 Å². The second-order valence-corrected chi connectivity index (χ2v) is 8.15. The molecule has 2 N–H and O–H groups in total. The highest BCUT2D eigenvalue weighted by Crippen LogP contribution is 2.28. The molecule has 7 heteroatoms. The van der Waals surface area contributed by atoms with E-state index in [-0.39, 0.29) is 24.8 Å². The number of carbonyl (C=O) groups excluding carboxylic acids is 1. The van der Waals surface area contributed by atoms with Gasteiger partial charge in [0, 0.05) is 10.2 Å². The summed E-state index contributed by atoms with van der Waals surface area (Å²) in [6.45, 7) is 0. The molecule has 4 rings (SSSR count). The van der Waals surface area contributed by atoms with Gasteiger partial charge in [-0.2, -0.15) is 0 Å². The van der Waals surface area contributed by atoms with Crippen LogP contribution in [0, 0.1) is 0 Å². The van der Waals surface area contributed by atoms with Crippen LogP contribution in [0.5, 0.6) is 0 Å². The Bertz CT molecular complexity index is 1220. The third kappa shape index (κ3) is 5.00. The summed E-state index contributed by atoms with van der Waals surface area (Å²) < 4.78 is 2.83. The molecule has 1 unspecified atom stereocenters. The van der Waals surface area contributed by atoms with Crippen molar-refractivity contribution in [2.75, 3.05) is 5.32 Å². The number of hydrogen-bond acceptors (Lipinski definition) is 3. The van der Waals surface area contributed by atoms with Crippen LogP contribution in [0.3, 0.4) is 0 Å². The molecule has 1 amide bonds. The number of anilines is 1. The van der Waals surface area contributed by atoms with E-state index >= 15 is 0 Å². The molecule has 0 fully saturated rings. The van der Waals surface area contributed by atoms with E-state index in [4.69, 9.17) is 0 Å². The summed E-state index contributed by atoms with van der Waals surface area (Å²) in [5, 5.41) is 12.3. The number of imidazole rings is 1. The normalized spacial score (nSPS) is 11.9. The third-order valence-electron chi connectivity index (χ3n) is 5.02. The molecule has 1 heterocycles. The Morgan fingerprint density at radius 2 is 1.77 bits per heavy atom. The first-order valence-electron chi connectivity index (χ1n) is 9.77. The number of carboxylic acids is 1. The Balaban J connectivity index is 1.56. The van der Waals surface area contributed by atoms with Crippen molar-refractivity contribution in [2.24, 2.45) is 0 Å². The Hall–Kier alpha value is -3.45. The zero-order chi connectivity index (χ0) is 21.8. The second-order valence-electron chi connectivity index (χ2n) is 7.23. The molecule has 0 bridgehead atoms. The number of carboxylic acid groups (broad SMARTS) is 1. The van der Waals surface area contributed by atoms with Crippen molar-refractivity contribution in [1.29, 1.82) is 0 Å². The number of rotatable bonds is 7. The summed E-state index contributed by atoms with van der Waals surface area (Å²) in [7, 11) is 0. The number of carbonyl (C=O) groups is 2. The summed E-state index contributed by atoms with van der Waals surface area (Å²) in [6.07, 6.45) is 1.87. The van der Waals surface area contributed by atoms with Gasteiger partial charge < -0.3 is 15.0 Å². The van der Waals surface area contributed by atoms with Gasteiger partial charge in [-0.3, -0.25) is 9.59 Å². The van der Waals surface area contributed by atoms with E-state index in [1.165, 1.54) is 0 Å². The SMILES string of the molecule is O=C(O)CC(c1ccccc1)n1cnc2cc(NC(=O)Cc3ccc(Br)cc3)ccc21. The van der Waals surface area contributed by atoms with Crippen LogP contribution in [0.15, 0.2) is 83.6 Å². The lowest BCUT2D eigenvalue weighted by Gasteiger charge is -2.18. The molecule has 0 saturated heterocycles. The molecule has 0 aliphatic carbocycles. The smallest absolute Gasteiger partial charge is 0.305 e. The van der Waals surface area contributed by atoms with Gasteiger partial charge in [-0.25, -0.2) is 4.98 Å². The van der Waals surface area contributed by atoms with Crippen molar-refractivity contribution < 1.29 is 14.7 Å². The van der Waals surface area contributed by atoms with Gasteiger partial charge in [0.1, 0.15) is 0 Å². The fourth-order valence-electron chi connectivity index (χ4n) is 3.57. The molecular weight excluding hydrogens is 458 g/mol. The number of aromatic nitrogens is 2. The van der Waals surface area contributed by atoms with Crippen molar-refractivity contribution in [1.82, 2.24) is 9.55 Å². The first-order chi connectivity index (χ1) is 15.0. The van der Waals surface area contributed by atoms with Gasteiger partial charge in [0.2, 0.25) is 5.91 Å². The number of aliphatic carboxylic acids is 1. The van der Waals surface area contributed by atoms with Crippen LogP contribution in [0.25, 0.3) is 11.0 Å². The Kier molecular flexibility index (Phi) is 6.13. The van der Waals surface area contributed by atoms with Crippen molar-refractivity contribution in [3.63, 3.8) is 0 Å². The number of hydrogen-bond donors (Lipinski definition) is 2. The zero-order valence-electron chi connectivity index (χ0n) is 16.5. The van der Waals surface area contributed by atoms with Crippen molar-refractivity contribution in [3.8, 4) is 0 Å². The lowest BCUT2D eigenvalue weighted by molar-refractivity contribution is -0.137. The predicted molar refractivity (Wildman–Crippen MR) is 123 cm³/mol. The van der Waals surface area contributed by atoms with Crippen LogP contribution in [0.2, 0.25) is 0 Å². The number of fused-ring (bicyclic) bond motifs is 1. The molecule has 4 aromatic rings. The number of benzene rings is 3. The minimum absolute atomic E-state index is 0.0544. The Labute approximate surface area is 187 Å². The summed E-state index contributed by atoms with van der Waals surface area (Å²) >= 11 is 3.39. The number of halogens is 1. The van der Waals surface area contributed by atoms with Crippen LogP contribution in [-0.4, -0.2) is 26.5 Å². The van der Waals surface area contributed by atoms with Crippen LogP contribution >= 0.6 is 15.9 Å². The van der Waals surface area contributed by atoms with Gasteiger partial charge >= 0.3 is 5.97 Å². The van der Waals surface area contributed by atoms with E-state index in [9.17, 15) is 14.7 Å². The highest BCUT2D eigenvalue weighted by molar-refractivity contribution is 9.10. The molecule has 156 valence electrons. The van der Waals surface area contributed by atoms with Gasteiger partial charge in [0.25, 0.3) is 0 Å². The van der Waals surface area contributed by atoms with Crippen LogP contribution in [0.4, 0.5) is 5.69 Å². The van der Waals surface area contributed by atoms with Gasteiger partial charge in [-0.15, -0.1) is 0 Å². The molecule has 0 spiro atoms. The number of nitrogens with one attached hydrogen (secondary N) is 1. The maximum atomic E-state index is 12.4. The standard InChI is InChI=1S/C24H20BrN3O3/c25-18-8-6-16(7-9-18)12-23(29)27-19-10-11-21-20(13-19)26-15-28(21)22(14-24(30)31)17-4-2-1-3-5-17/h1-11,13,15,22H,12,14H2,(H,27,29)(H,30,31). The van der Waals surface area contributed by atoms with E-state index in [0.29, 0.717) is 11.2 Å². The van der Waals surface area contributed by atoms with E-state index in [0.717, 1.165) is 21.1 Å². The predicted octanol–water partition coefficient (Wildman–Crippen LogP) is 5.04. The first-order valence-corrected chi connectivity index (χ1v) is 10.6. The van der Waals surface area contributed by atoms with Gasteiger partial charge in [0.15, 0.2) is 0 Å². The molecule has 0 radical (unpaired) electrons. The fourth-order valence-corrected chi connectivity index (χ4v) is 3.83. The van der Waals surface area contributed by atoms with Crippen LogP contribution < -0.4 is 5.32 Å². The molecule has 1 aromatic heterocycles. The minimum atomic E-state index is -0.882. The van der Waals surface area contributed by atoms with E-state index < -0.39 is 5.97 Å². The van der Waals surface area contributed by atoms with E-state index in [2.05, 4.69) is 26.2 Å². The van der Waals surface area contributed by atoms with Crippen LogP contribution in [0.1, 0.15) is 23.6 Å². The topological polar surface area (TPSA) is 84.2 Å². The van der Waals surface area contributed by atoms with E-state index in [1.807, 2.05) is 71.3 Å². The lowest BCUT2D eigenvalue weighted by atomic mass is 10.0. The Morgan fingerprint density at radius 1 is 1.03 bits per heavy atom. The highest BCUT2D eigenvalue weighted by Gasteiger charge is 2.20. The summed E-state index contributed by atoms with van der Waals surface area (Å²) in [5.41, 5.74) is 3.96. The molecule has 0 aliphatic rings. The lowest BCUT2D eigenvalue weighted by Crippen LogP contribution is -2.15. The largest absolute Gasteiger partial charge is 0.481 e. The monoisotopic (exact) mass is 477 g/mol. The highest BCUT2D eigenvalue weighted by atomic mass is 79.9. The molecule has 0 aliphatic heterocycles. The van der Waals surface area contributed by atoms with Gasteiger partial charge in [-0.05, 0) is 41.5 Å². The van der Waals surface area contributed by atoms with Gasteiger partial charge in [0.05, 0.1) is 36.2 Å². The average Bonchev–Trinajstić information content (AvgIpc) is 3.17. The van der Waals surface area contributed by atoms with Gasteiger partial charge in [-0.1, -0.05) is 58.4 Å². The van der Waals surface area contributed by atoms with Crippen molar-refractivity contribution in [2.45, 2.75) is 18.9 Å². The second kappa shape index (κ2) is 9.14. The molecule has 6 nitrogen and oxygen atoms in total. The maximum Gasteiger partial charge on any atom is 0.305 e. The summed E-state index contributed by atoms with van der Waals surface area (Å²) in [6, 6.07) is 22.2. The molecule has 0 saturated carbocycles. The minimum Gasteiger partial charge on any atom is -0.481 e. The van der Waals surface area contributed by atoms with E-state index in [1.54, 1.807) is 12.4 Å². The summed E-state index contributed by atoms with van der Waals surface area (Å²) in [4.78, 5) is 28.3. The number of amides is 1.